The Morgan fingerprint density at radius 3 is 2.35 bits per heavy atom. The number of ether oxygens (including phenoxy) is 3. The van der Waals surface area contributed by atoms with E-state index in [-0.39, 0.29) is 50.6 Å². The van der Waals surface area contributed by atoms with Gasteiger partial charge < -0.3 is 24.0 Å². The molecule has 2 bridgehead atoms. The molecule has 1 aromatic heterocycles. The molecule has 234 valence electrons. The average molecular weight is 665 g/mol. The van der Waals surface area contributed by atoms with Gasteiger partial charge in [-0.1, -0.05) is 0 Å². The van der Waals surface area contributed by atoms with Crippen LogP contribution in [0.5, 0.6) is 6.01 Å². The SMILES string of the molecule is CC(C)(C)OC(=O)N1C2CCC1CN(c1nc(OCC3(CN4CCC5(CCO5)CC4)CC3)nc3c(F)c(Br)c(F)cc13)C2. The van der Waals surface area contributed by atoms with E-state index in [1.165, 1.54) is 12.5 Å². The predicted molar refractivity (Wildman–Crippen MR) is 160 cm³/mol. The van der Waals surface area contributed by atoms with Crippen molar-refractivity contribution in [2.24, 2.45) is 5.41 Å². The topological polar surface area (TPSA) is 80.3 Å². The van der Waals surface area contributed by atoms with Crippen molar-refractivity contribution in [1.29, 1.82) is 0 Å². The van der Waals surface area contributed by atoms with Crippen LogP contribution in [0.4, 0.5) is 19.4 Å². The number of rotatable bonds is 6. The molecule has 12 heteroatoms. The fourth-order valence-corrected chi connectivity index (χ4v) is 7.55. The summed E-state index contributed by atoms with van der Waals surface area (Å²) >= 11 is 3.04. The molecule has 1 spiro atoms. The van der Waals surface area contributed by atoms with Crippen molar-refractivity contribution < 1.29 is 27.8 Å². The standard InChI is InChI=1S/C31H40BrF2N5O4/c1-29(2,3)43-28(40)39-19-4-5-20(39)16-38(15-19)26-21-14-22(33)23(32)24(34)25(21)35-27(36-26)41-18-30(6-7-30)17-37-11-8-31(9-12-37)10-13-42-31/h14,19-20H,4-13,15-18H2,1-3H3. The molecule has 1 aromatic carbocycles. The fourth-order valence-electron chi connectivity index (χ4n) is 7.25. The molecule has 2 aromatic rings. The summed E-state index contributed by atoms with van der Waals surface area (Å²) in [5.74, 6) is -1.07. The molecule has 5 fully saturated rings. The summed E-state index contributed by atoms with van der Waals surface area (Å²) in [6.45, 7) is 10.9. The molecule has 9 nitrogen and oxygen atoms in total. The minimum Gasteiger partial charge on any atom is -0.463 e. The maximum atomic E-state index is 15.4. The van der Waals surface area contributed by atoms with E-state index in [9.17, 15) is 9.18 Å². The molecule has 0 radical (unpaired) electrons. The molecule has 0 N–H and O–H groups in total. The van der Waals surface area contributed by atoms with Gasteiger partial charge in [0, 0.05) is 43.5 Å². The van der Waals surface area contributed by atoms with E-state index in [1.807, 2.05) is 30.6 Å². The molecule has 7 rings (SSSR count). The normalized spacial score (nSPS) is 26.1. The molecule has 2 unspecified atom stereocenters. The fraction of sp³-hybridized carbons (Fsp3) is 0.710. The summed E-state index contributed by atoms with van der Waals surface area (Å²) in [5.41, 5.74) is -0.425. The third-order valence-corrected chi connectivity index (χ3v) is 10.7. The molecule has 4 saturated heterocycles. The zero-order chi connectivity index (χ0) is 30.1. The Labute approximate surface area is 259 Å². The highest BCUT2D eigenvalue weighted by Crippen LogP contribution is 2.48. The van der Waals surface area contributed by atoms with Crippen LogP contribution in [0.15, 0.2) is 10.5 Å². The molecule has 1 saturated carbocycles. The zero-order valence-corrected chi connectivity index (χ0v) is 26.7. The number of aromatic nitrogens is 2. The molecular weight excluding hydrogens is 624 g/mol. The first-order valence-electron chi connectivity index (χ1n) is 15.5. The van der Waals surface area contributed by atoms with Crippen molar-refractivity contribution in [3.63, 3.8) is 0 Å². The number of carbonyl (C=O) groups is 1. The number of carbonyl (C=O) groups excluding carboxylic acids is 1. The first kappa shape index (κ1) is 29.4. The van der Waals surface area contributed by atoms with Gasteiger partial charge in [-0.3, -0.25) is 4.90 Å². The predicted octanol–water partition coefficient (Wildman–Crippen LogP) is 5.67. The molecule has 4 aliphatic heterocycles. The molecular formula is C31H40BrF2N5O4. The first-order valence-corrected chi connectivity index (χ1v) is 16.3. The number of fused-ring (bicyclic) bond motifs is 3. The number of hydrogen-bond acceptors (Lipinski definition) is 8. The highest BCUT2D eigenvalue weighted by atomic mass is 79.9. The van der Waals surface area contributed by atoms with Gasteiger partial charge in [-0.25, -0.2) is 13.6 Å². The van der Waals surface area contributed by atoms with Crippen LogP contribution < -0.4 is 9.64 Å². The van der Waals surface area contributed by atoms with Gasteiger partial charge in [0.1, 0.15) is 22.8 Å². The number of halogens is 3. The highest BCUT2D eigenvalue weighted by molar-refractivity contribution is 9.10. The Morgan fingerprint density at radius 1 is 1.09 bits per heavy atom. The molecule has 43 heavy (non-hydrogen) atoms. The van der Waals surface area contributed by atoms with Crippen LogP contribution in [0.2, 0.25) is 0 Å². The summed E-state index contributed by atoms with van der Waals surface area (Å²) in [4.78, 5) is 28.6. The number of nitrogens with zero attached hydrogens (tertiary/aromatic N) is 5. The Kier molecular flexibility index (Phi) is 7.28. The summed E-state index contributed by atoms with van der Waals surface area (Å²) in [6.07, 6.45) is 6.78. The van der Waals surface area contributed by atoms with E-state index in [1.54, 1.807) is 0 Å². The number of benzene rings is 1. The number of likely N-dealkylation sites (tertiary alicyclic amines) is 1. The highest BCUT2D eigenvalue weighted by Gasteiger charge is 2.48. The van der Waals surface area contributed by atoms with Crippen molar-refractivity contribution in [2.45, 2.75) is 89.0 Å². The molecule has 2 atom stereocenters. The minimum atomic E-state index is -0.777. The van der Waals surface area contributed by atoms with Gasteiger partial charge in [-0.05, 0) is 87.7 Å². The van der Waals surface area contributed by atoms with Gasteiger partial charge in [0.05, 0.1) is 35.4 Å². The van der Waals surface area contributed by atoms with Crippen molar-refractivity contribution in [3.8, 4) is 6.01 Å². The average Bonchev–Trinajstić information content (AvgIpc) is 3.65. The maximum absolute atomic E-state index is 15.4. The van der Waals surface area contributed by atoms with Gasteiger partial charge in [0.15, 0.2) is 5.82 Å². The van der Waals surface area contributed by atoms with Crippen molar-refractivity contribution in [3.05, 3.63) is 22.2 Å². The first-order chi connectivity index (χ1) is 20.4. The maximum Gasteiger partial charge on any atom is 0.410 e. The molecule has 1 aliphatic carbocycles. The molecule has 1 amide bonds. The summed E-state index contributed by atoms with van der Waals surface area (Å²) < 4.78 is 47.8. The van der Waals surface area contributed by atoms with Gasteiger partial charge in [-0.15, -0.1) is 0 Å². The summed E-state index contributed by atoms with van der Waals surface area (Å²) in [6, 6.07) is 1.20. The summed E-state index contributed by atoms with van der Waals surface area (Å²) in [7, 11) is 0. The second kappa shape index (κ2) is 10.7. The van der Waals surface area contributed by atoms with Crippen molar-refractivity contribution >= 4 is 38.7 Å². The monoisotopic (exact) mass is 663 g/mol. The van der Waals surface area contributed by atoms with Gasteiger partial charge >= 0.3 is 12.1 Å². The van der Waals surface area contributed by atoms with Crippen LogP contribution in [0.1, 0.15) is 65.7 Å². The van der Waals surface area contributed by atoms with E-state index in [2.05, 4.69) is 25.8 Å². The van der Waals surface area contributed by atoms with Crippen molar-refractivity contribution in [1.82, 2.24) is 19.8 Å². The van der Waals surface area contributed by atoms with E-state index in [0.29, 0.717) is 25.5 Å². The van der Waals surface area contributed by atoms with Crippen LogP contribution in [-0.2, 0) is 9.47 Å². The number of hydrogen-bond donors (Lipinski definition) is 0. The van der Waals surface area contributed by atoms with Gasteiger partial charge in [0.25, 0.3) is 0 Å². The Balaban J connectivity index is 1.11. The second-order valence-corrected chi connectivity index (χ2v) is 15.0. The lowest BCUT2D eigenvalue weighted by atomic mass is 9.84. The second-order valence-electron chi connectivity index (χ2n) is 14.2. The smallest absolute Gasteiger partial charge is 0.410 e. The van der Waals surface area contributed by atoms with E-state index in [4.69, 9.17) is 19.2 Å². The van der Waals surface area contributed by atoms with E-state index in [0.717, 1.165) is 64.8 Å². The Bertz CT molecular complexity index is 1410. The lowest BCUT2D eigenvalue weighted by Crippen LogP contribution is -2.57. The zero-order valence-electron chi connectivity index (χ0n) is 25.1. The third kappa shape index (κ3) is 5.67. The summed E-state index contributed by atoms with van der Waals surface area (Å²) in [5, 5.41) is 0.289. The van der Waals surface area contributed by atoms with E-state index < -0.39 is 17.2 Å². The van der Waals surface area contributed by atoms with Crippen LogP contribution in [0.25, 0.3) is 10.9 Å². The number of amides is 1. The third-order valence-electron chi connectivity index (χ3n) is 9.93. The lowest BCUT2D eigenvalue weighted by molar-refractivity contribution is -0.173. The van der Waals surface area contributed by atoms with Gasteiger partial charge in [0.2, 0.25) is 0 Å². The van der Waals surface area contributed by atoms with Crippen LogP contribution in [0, 0.1) is 17.0 Å². The lowest BCUT2D eigenvalue weighted by Gasteiger charge is -2.48. The number of anilines is 1. The van der Waals surface area contributed by atoms with Crippen molar-refractivity contribution in [2.75, 3.05) is 50.8 Å². The van der Waals surface area contributed by atoms with Crippen LogP contribution in [0.3, 0.4) is 0 Å². The van der Waals surface area contributed by atoms with Gasteiger partial charge in [-0.2, -0.15) is 9.97 Å². The molecule has 5 heterocycles. The Morgan fingerprint density at radius 2 is 1.77 bits per heavy atom. The van der Waals surface area contributed by atoms with E-state index >= 15 is 4.39 Å². The Hall–Kier alpha value is -2.31. The van der Waals surface area contributed by atoms with Crippen LogP contribution >= 0.6 is 15.9 Å². The quantitative estimate of drug-likeness (QED) is 0.366. The minimum absolute atomic E-state index is 0.0156. The number of piperidine rings is 1. The number of piperazine rings is 1. The van der Waals surface area contributed by atoms with Crippen LogP contribution in [-0.4, -0.2) is 95.1 Å². The molecule has 5 aliphatic rings. The largest absolute Gasteiger partial charge is 0.463 e.